The molecule has 0 aromatic carbocycles. The molecule has 2 aliphatic carbocycles. The minimum Gasteiger partial charge on any atom is -0.478 e. The molecule has 0 spiro atoms. The number of nitrogens with one attached hydrogen (secondary N) is 1. The Morgan fingerprint density at radius 2 is 1.93 bits per heavy atom. The molecule has 2 fully saturated rings. The van der Waals surface area contributed by atoms with Gasteiger partial charge in [-0.1, -0.05) is 0 Å². The molecule has 0 radical (unpaired) electrons. The third-order valence-corrected chi connectivity index (χ3v) is 5.96. The molecule has 2 saturated carbocycles. The predicted octanol–water partition coefficient (Wildman–Crippen LogP) is 2.01. The second-order valence-electron chi connectivity index (χ2n) is 8.09. The van der Waals surface area contributed by atoms with Crippen LogP contribution in [0.5, 0.6) is 5.88 Å². The molecule has 28 heavy (non-hydrogen) atoms. The Hall–Kier alpha value is -2.64. The summed E-state index contributed by atoms with van der Waals surface area (Å²) in [5.74, 6) is 1.05. The molecule has 148 valence electrons. The Labute approximate surface area is 162 Å². The Bertz CT molecular complexity index is 914. The maximum Gasteiger partial charge on any atom is 0.272 e. The van der Waals surface area contributed by atoms with Gasteiger partial charge >= 0.3 is 0 Å². The molecule has 0 saturated heterocycles. The number of rotatable bonds is 4. The molecule has 0 unspecified atom stereocenters. The minimum absolute atomic E-state index is 0.0273. The van der Waals surface area contributed by atoms with Gasteiger partial charge in [-0.3, -0.25) is 9.59 Å². The van der Waals surface area contributed by atoms with E-state index in [0.717, 1.165) is 44.3 Å². The van der Waals surface area contributed by atoms with Crippen molar-refractivity contribution in [2.45, 2.75) is 69.5 Å². The first-order valence-corrected chi connectivity index (χ1v) is 10.3. The molecular weight excluding hydrogens is 358 g/mol. The topological polar surface area (TPSA) is 91.0 Å². The van der Waals surface area contributed by atoms with Crippen molar-refractivity contribution >= 4 is 5.91 Å². The van der Waals surface area contributed by atoms with Crippen LogP contribution >= 0.6 is 0 Å². The van der Waals surface area contributed by atoms with Crippen molar-refractivity contribution in [2.24, 2.45) is 0 Å². The van der Waals surface area contributed by atoms with Crippen LogP contribution in [0.1, 0.15) is 73.1 Å². The van der Waals surface area contributed by atoms with Crippen LogP contribution in [0.2, 0.25) is 0 Å². The third kappa shape index (κ3) is 3.43. The fourth-order valence-corrected chi connectivity index (χ4v) is 4.20. The van der Waals surface area contributed by atoms with E-state index in [2.05, 4.69) is 15.5 Å². The molecule has 8 heteroatoms. The van der Waals surface area contributed by atoms with Crippen molar-refractivity contribution in [1.29, 1.82) is 0 Å². The van der Waals surface area contributed by atoms with E-state index in [1.807, 2.05) is 6.07 Å². The van der Waals surface area contributed by atoms with Gasteiger partial charge < -0.3 is 10.1 Å². The highest BCUT2D eigenvalue weighted by molar-refractivity contribution is 5.92. The Morgan fingerprint density at radius 1 is 1.11 bits per heavy atom. The van der Waals surface area contributed by atoms with E-state index in [-0.39, 0.29) is 23.6 Å². The summed E-state index contributed by atoms with van der Waals surface area (Å²) in [6.45, 7) is 1.46. The molecule has 3 aliphatic rings. The maximum atomic E-state index is 12.6. The van der Waals surface area contributed by atoms with Gasteiger partial charge in [-0.25, -0.2) is 9.36 Å². The molecule has 5 rings (SSSR count). The average Bonchev–Trinajstić information content (AvgIpc) is 3.47. The fourth-order valence-electron chi connectivity index (χ4n) is 4.20. The second-order valence-corrected chi connectivity index (χ2v) is 8.09. The summed E-state index contributed by atoms with van der Waals surface area (Å²) in [4.78, 5) is 24.8. The van der Waals surface area contributed by atoms with Crippen molar-refractivity contribution in [3.05, 3.63) is 39.9 Å². The van der Waals surface area contributed by atoms with Crippen LogP contribution in [0.3, 0.4) is 0 Å². The van der Waals surface area contributed by atoms with Crippen LogP contribution in [0.4, 0.5) is 0 Å². The Kier molecular flexibility index (Phi) is 4.41. The van der Waals surface area contributed by atoms with Crippen LogP contribution in [0, 0.1) is 0 Å². The minimum atomic E-state index is -0.153. The number of hydrogen-bond donors (Lipinski definition) is 1. The quantitative estimate of drug-likeness (QED) is 0.872. The monoisotopic (exact) mass is 383 g/mol. The highest BCUT2D eigenvalue weighted by Gasteiger charge is 2.29. The molecule has 0 bridgehead atoms. The van der Waals surface area contributed by atoms with E-state index in [1.54, 1.807) is 21.5 Å². The lowest BCUT2D eigenvalue weighted by atomic mass is 9.91. The van der Waals surface area contributed by atoms with Gasteiger partial charge in [-0.05, 0) is 44.6 Å². The number of nitrogens with zero attached hydrogens (tertiary/aromatic N) is 4. The number of hydrogen-bond acceptors (Lipinski definition) is 5. The SMILES string of the molecule is O=C(NC1CCC(n2nc(C3CC3)ccc2=O)CC1)c1cc2n(n1)CCCO2. The number of aromatic nitrogens is 4. The molecule has 1 amide bonds. The standard InChI is InChI=1S/C20H25N5O3/c26-18-9-8-16(13-2-3-13)23-25(18)15-6-4-14(5-7-15)21-20(27)17-12-19-24(22-17)10-1-11-28-19/h8-9,12-15H,1-7,10-11H2,(H,21,27). The highest BCUT2D eigenvalue weighted by Crippen LogP contribution is 2.38. The van der Waals surface area contributed by atoms with Gasteiger partial charge in [0.2, 0.25) is 5.88 Å². The summed E-state index contributed by atoms with van der Waals surface area (Å²) >= 11 is 0. The summed E-state index contributed by atoms with van der Waals surface area (Å²) in [5.41, 5.74) is 1.43. The van der Waals surface area contributed by atoms with Crippen LogP contribution in [0.25, 0.3) is 0 Å². The van der Waals surface area contributed by atoms with Crippen molar-refractivity contribution in [3.63, 3.8) is 0 Å². The van der Waals surface area contributed by atoms with E-state index in [1.165, 1.54) is 12.8 Å². The zero-order valence-electron chi connectivity index (χ0n) is 15.8. The first-order chi connectivity index (χ1) is 13.7. The van der Waals surface area contributed by atoms with E-state index in [9.17, 15) is 9.59 Å². The fraction of sp³-hybridized carbons (Fsp3) is 0.600. The number of carbonyl (C=O) groups is 1. The Morgan fingerprint density at radius 3 is 2.68 bits per heavy atom. The Balaban J connectivity index is 1.20. The van der Waals surface area contributed by atoms with Crippen LogP contribution < -0.4 is 15.6 Å². The predicted molar refractivity (Wildman–Crippen MR) is 102 cm³/mol. The number of carbonyl (C=O) groups excluding carboxylic acids is 1. The third-order valence-electron chi connectivity index (χ3n) is 5.96. The van der Waals surface area contributed by atoms with Gasteiger partial charge in [0.15, 0.2) is 5.69 Å². The molecule has 3 heterocycles. The number of fused-ring (bicyclic) bond motifs is 1. The van der Waals surface area contributed by atoms with Gasteiger partial charge in [-0.15, -0.1) is 0 Å². The van der Waals surface area contributed by atoms with Crippen molar-refractivity contribution < 1.29 is 9.53 Å². The number of amides is 1. The zero-order chi connectivity index (χ0) is 19.1. The van der Waals surface area contributed by atoms with E-state index < -0.39 is 0 Å². The summed E-state index contributed by atoms with van der Waals surface area (Å²) in [7, 11) is 0. The van der Waals surface area contributed by atoms with Gasteiger partial charge in [-0.2, -0.15) is 10.2 Å². The van der Waals surface area contributed by atoms with Crippen molar-refractivity contribution in [1.82, 2.24) is 24.9 Å². The van der Waals surface area contributed by atoms with Crippen LogP contribution in [-0.4, -0.2) is 38.1 Å². The summed E-state index contributed by atoms with van der Waals surface area (Å²) in [5, 5.41) is 12.1. The lowest BCUT2D eigenvalue weighted by Crippen LogP contribution is -2.39. The summed E-state index contributed by atoms with van der Waals surface area (Å²) in [6.07, 6.45) is 6.61. The van der Waals surface area contributed by atoms with Crippen molar-refractivity contribution in [2.75, 3.05) is 6.61 Å². The molecule has 0 atom stereocenters. The molecule has 8 nitrogen and oxygen atoms in total. The lowest BCUT2D eigenvalue weighted by Gasteiger charge is -2.29. The highest BCUT2D eigenvalue weighted by atomic mass is 16.5. The van der Waals surface area contributed by atoms with Gasteiger partial charge in [0, 0.05) is 37.1 Å². The maximum absolute atomic E-state index is 12.6. The summed E-state index contributed by atoms with van der Waals surface area (Å²) in [6, 6.07) is 5.46. The number of aryl methyl sites for hydroxylation is 1. The van der Waals surface area contributed by atoms with Crippen LogP contribution in [0.15, 0.2) is 23.0 Å². The summed E-state index contributed by atoms with van der Waals surface area (Å²) < 4.78 is 8.95. The first-order valence-electron chi connectivity index (χ1n) is 10.3. The van der Waals surface area contributed by atoms with E-state index in [0.29, 0.717) is 24.1 Å². The molecule has 1 N–H and O–H groups in total. The van der Waals surface area contributed by atoms with Gasteiger partial charge in [0.25, 0.3) is 11.5 Å². The molecule has 2 aromatic heterocycles. The van der Waals surface area contributed by atoms with Gasteiger partial charge in [0.05, 0.1) is 18.3 Å². The molecular formula is C20H25N5O3. The first kappa shape index (κ1) is 17.5. The van der Waals surface area contributed by atoms with E-state index in [4.69, 9.17) is 4.74 Å². The average molecular weight is 383 g/mol. The molecule has 1 aliphatic heterocycles. The smallest absolute Gasteiger partial charge is 0.272 e. The second kappa shape index (κ2) is 7.07. The number of ether oxygens (including phenoxy) is 1. The lowest BCUT2D eigenvalue weighted by molar-refractivity contribution is 0.0915. The zero-order valence-corrected chi connectivity index (χ0v) is 15.8. The normalized spacial score (nSPS) is 24.3. The van der Waals surface area contributed by atoms with Crippen LogP contribution in [-0.2, 0) is 6.54 Å². The van der Waals surface area contributed by atoms with E-state index >= 15 is 0 Å². The molecule has 2 aromatic rings. The largest absolute Gasteiger partial charge is 0.478 e. The van der Waals surface area contributed by atoms with Crippen molar-refractivity contribution in [3.8, 4) is 5.88 Å². The van der Waals surface area contributed by atoms with Gasteiger partial charge in [0.1, 0.15) is 0 Å².